The molecule has 5 nitrogen and oxygen atoms in total. The number of halogens is 1. The van der Waals surface area contributed by atoms with E-state index in [1.807, 2.05) is 24.3 Å². The molecule has 1 fully saturated rings. The van der Waals surface area contributed by atoms with Gasteiger partial charge in [-0.05, 0) is 32.0 Å². The van der Waals surface area contributed by atoms with Crippen LogP contribution in [0.25, 0.3) is 11.4 Å². The summed E-state index contributed by atoms with van der Waals surface area (Å²) in [5, 5.41) is 4.68. The van der Waals surface area contributed by atoms with Crippen LogP contribution in [0.5, 0.6) is 0 Å². The number of rotatable bonds is 5. The highest BCUT2D eigenvalue weighted by atomic mass is 35.5. The Balaban J connectivity index is 1.56. The first-order valence-electron chi connectivity index (χ1n) is 7.75. The van der Waals surface area contributed by atoms with Crippen LogP contribution in [0.3, 0.4) is 0 Å². The smallest absolute Gasteiger partial charge is 0.228 e. The maximum Gasteiger partial charge on any atom is 0.228 e. The summed E-state index contributed by atoms with van der Waals surface area (Å²) in [6.07, 6.45) is 2.71. The molecule has 23 heavy (non-hydrogen) atoms. The largest absolute Gasteiger partial charge is 0.339 e. The summed E-state index contributed by atoms with van der Waals surface area (Å²) in [6.45, 7) is 0.856. The Morgan fingerprint density at radius 1 is 1.39 bits per heavy atom. The Labute approximate surface area is 143 Å². The first-order valence-corrected chi connectivity index (χ1v) is 9.62. The van der Waals surface area contributed by atoms with Crippen LogP contribution in [0.2, 0.25) is 5.02 Å². The molecule has 2 heterocycles. The Kier molecular flexibility index (Phi) is 5.46. The van der Waals surface area contributed by atoms with Crippen LogP contribution >= 0.6 is 11.6 Å². The molecule has 2 aromatic rings. The second kappa shape index (κ2) is 7.55. The molecule has 0 amide bonds. The second-order valence-electron chi connectivity index (χ2n) is 5.83. The lowest BCUT2D eigenvalue weighted by Crippen LogP contribution is -2.38. The van der Waals surface area contributed by atoms with E-state index in [9.17, 15) is 4.21 Å². The highest BCUT2D eigenvalue weighted by Crippen LogP contribution is 2.20. The van der Waals surface area contributed by atoms with Crippen molar-refractivity contribution in [2.24, 2.45) is 0 Å². The van der Waals surface area contributed by atoms with E-state index < -0.39 is 10.8 Å². The van der Waals surface area contributed by atoms with Gasteiger partial charge in [0, 0.05) is 51.9 Å². The summed E-state index contributed by atoms with van der Waals surface area (Å²) >= 11 is 5.99. The van der Waals surface area contributed by atoms with Crippen LogP contribution in [0.1, 0.15) is 18.7 Å². The van der Waals surface area contributed by atoms with E-state index in [1.165, 1.54) is 0 Å². The van der Waals surface area contributed by atoms with Crippen molar-refractivity contribution in [3.05, 3.63) is 35.2 Å². The SMILES string of the molecule is CN(CCc1nc(-c2cccc(Cl)c2)no1)C1CCS(=O)CC1. The van der Waals surface area contributed by atoms with Gasteiger partial charge in [-0.3, -0.25) is 4.21 Å². The first-order chi connectivity index (χ1) is 11.1. The quantitative estimate of drug-likeness (QED) is 0.827. The van der Waals surface area contributed by atoms with Gasteiger partial charge >= 0.3 is 0 Å². The van der Waals surface area contributed by atoms with E-state index in [4.69, 9.17) is 16.1 Å². The Hall–Kier alpha value is -1.24. The van der Waals surface area contributed by atoms with Crippen molar-refractivity contribution in [3.8, 4) is 11.4 Å². The van der Waals surface area contributed by atoms with Crippen LogP contribution in [-0.2, 0) is 17.2 Å². The van der Waals surface area contributed by atoms with Crippen molar-refractivity contribution < 1.29 is 8.73 Å². The van der Waals surface area contributed by atoms with Crippen LogP contribution in [0.15, 0.2) is 28.8 Å². The van der Waals surface area contributed by atoms with E-state index in [0.29, 0.717) is 29.2 Å². The minimum Gasteiger partial charge on any atom is -0.339 e. The molecule has 1 aromatic carbocycles. The van der Waals surface area contributed by atoms with Crippen molar-refractivity contribution in [2.45, 2.75) is 25.3 Å². The molecule has 0 saturated carbocycles. The van der Waals surface area contributed by atoms with Crippen molar-refractivity contribution >= 4 is 22.4 Å². The van der Waals surface area contributed by atoms with Crippen molar-refractivity contribution in [2.75, 3.05) is 25.1 Å². The zero-order chi connectivity index (χ0) is 16.2. The highest BCUT2D eigenvalue weighted by molar-refractivity contribution is 7.85. The van der Waals surface area contributed by atoms with Crippen LogP contribution in [0, 0.1) is 0 Å². The predicted octanol–water partition coefficient (Wildman–Crippen LogP) is 2.78. The highest BCUT2D eigenvalue weighted by Gasteiger charge is 2.21. The maximum atomic E-state index is 11.4. The van der Waals surface area contributed by atoms with Gasteiger partial charge in [0.2, 0.25) is 11.7 Å². The fourth-order valence-corrected chi connectivity index (χ4v) is 4.24. The minimum atomic E-state index is -0.616. The summed E-state index contributed by atoms with van der Waals surface area (Å²) in [6, 6.07) is 7.93. The average molecular weight is 354 g/mol. The number of likely N-dealkylation sites (N-methyl/N-ethyl adjacent to an activating group) is 1. The van der Waals surface area contributed by atoms with Crippen LogP contribution in [-0.4, -0.2) is 50.4 Å². The van der Waals surface area contributed by atoms with Gasteiger partial charge in [-0.15, -0.1) is 0 Å². The molecule has 0 spiro atoms. The molecule has 124 valence electrons. The molecule has 1 aromatic heterocycles. The Bertz CT molecular complexity index is 681. The van der Waals surface area contributed by atoms with Crippen molar-refractivity contribution in [1.82, 2.24) is 15.0 Å². The standard InChI is InChI=1S/C16H20ClN3O2S/c1-20(14-6-9-23(21)10-7-14)8-5-15-18-16(19-22-15)12-3-2-4-13(17)11-12/h2-4,11,14H,5-10H2,1H3. The van der Waals surface area contributed by atoms with E-state index in [1.54, 1.807) is 0 Å². The maximum absolute atomic E-state index is 11.4. The number of benzene rings is 1. The number of hydrogen-bond donors (Lipinski definition) is 0. The van der Waals surface area contributed by atoms with Gasteiger partial charge in [0.1, 0.15) is 0 Å². The molecule has 1 aliphatic rings. The van der Waals surface area contributed by atoms with Gasteiger partial charge < -0.3 is 9.42 Å². The average Bonchev–Trinajstić information content (AvgIpc) is 3.02. The molecule has 1 aliphatic heterocycles. The lowest BCUT2D eigenvalue weighted by atomic mass is 10.1. The molecule has 0 bridgehead atoms. The van der Waals surface area contributed by atoms with Gasteiger partial charge in [-0.1, -0.05) is 28.9 Å². The normalized spacial score (nSPS) is 21.7. The third kappa shape index (κ3) is 4.40. The summed E-state index contributed by atoms with van der Waals surface area (Å²) in [4.78, 5) is 6.74. The van der Waals surface area contributed by atoms with Crippen LogP contribution < -0.4 is 0 Å². The summed E-state index contributed by atoms with van der Waals surface area (Å²) in [5.74, 6) is 2.83. The van der Waals surface area contributed by atoms with Gasteiger partial charge in [0.05, 0.1) is 0 Å². The summed E-state index contributed by atoms with van der Waals surface area (Å²) in [7, 11) is 1.49. The van der Waals surface area contributed by atoms with Gasteiger partial charge in [0.15, 0.2) is 0 Å². The van der Waals surface area contributed by atoms with Gasteiger partial charge in [-0.25, -0.2) is 0 Å². The van der Waals surface area contributed by atoms with Gasteiger partial charge in [0.25, 0.3) is 0 Å². The van der Waals surface area contributed by atoms with E-state index in [0.717, 1.165) is 36.5 Å². The third-order valence-corrected chi connectivity index (χ3v) is 5.83. The lowest BCUT2D eigenvalue weighted by molar-refractivity contribution is 0.222. The predicted molar refractivity (Wildman–Crippen MR) is 92.0 cm³/mol. The first kappa shape index (κ1) is 16.6. The molecule has 3 rings (SSSR count). The topological polar surface area (TPSA) is 59.2 Å². The number of nitrogens with zero attached hydrogens (tertiary/aromatic N) is 3. The molecular weight excluding hydrogens is 334 g/mol. The zero-order valence-electron chi connectivity index (χ0n) is 13.1. The summed E-state index contributed by atoms with van der Waals surface area (Å²) < 4.78 is 16.8. The van der Waals surface area contributed by atoms with Crippen LogP contribution in [0.4, 0.5) is 0 Å². The molecule has 0 N–H and O–H groups in total. The van der Waals surface area contributed by atoms with Crippen molar-refractivity contribution in [1.29, 1.82) is 0 Å². The molecule has 0 atom stereocenters. The molecule has 0 unspecified atom stereocenters. The fourth-order valence-electron chi connectivity index (χ4n) is 2.78. The van der Waals surface area contributed by atoms with E-state index in [2.05, 4.69) is 22.1 Å². The Morgan fingerprint density at radius 2 is 2.17 bits per heavy atom. The van der Waals surface area contributed by atoms with Crippen molar-refractivity contribution in [3.63, 3.8) is 0 Å². The van der Waals surface area contributed by atoms with E-state index in [-0.39, 0.29) is 0 Å². The third-order valence-electron chi connectivity index (χ3n) is 4.21. The molecule has 0 radical (unpaired) electrons. The molecular formula is C16H20ClN3O2S. The Morgan fingerprint density at radius 3 is 2.91 bits per heavy atom. The monoisotopic (exact) mass is 353 g/mol. The summed E-state index contributed by atoms with van der Waals surface area (Å²) in [5.41, 5.74) is 0.857. The lowest BCUT2D eigenvalue weighted by Gasteiger charge is -2.30. The zero-order valence-corrected chi connectivity index (χ0v) is 14.6. The number of hydrogen-bond acceptors (Lipinski definition) is 5. The second-order valence-corrected chi connectivity index (χ2v) is 7.96. The van der Waals surface area contributed by atoms with Gasteiger partial charge in [-0.2, -0.15) is 4.98 Å². The minimum absolute atomic E-state index is 0.503. The van der Waals surface area contributed by atoms with E-state index >= 15 is 0 Å². The molecule has 1 saturated heterocycles. The molecule has 7 heteroatoms. The fraction of sp³-hybridized carbons (Fsp3) is 0.500. The molecule has 0 aliphatic carbocycles. The number of aromatic nitrogens is 2.